The fourth-order valence-corrected chi connectivity index (χ4v) is 5.34. The van der Waals surface area contributed by atoms with Crippen molar-refractivity contribution in [3.63, 3.8) is 0 Å². The molecule has 0 N–H and O–H groups in total. The van der Waals surface area contributed by atoms with Crippen LogP contribution in [0.2, 0.25) is 0 Å². The molecule has 0 fully saturated rings. The van der Waals surface area contributed by atoms with Crippen LogP contribution in [-0.2, 0) is 23.3 Å². The molecule has 0 bridgehead atoms. The van der Waals surface area contributed by atoms with Crippen molar-refractivity contribution in [2.24, 2.45) is 5.41 Å². The first-order valence-electron chi connectivity index (χ1n) is 13.9. The number of halogens is 2. The molecule has 6 heteroatoms. The van der Waals surface area contributed by atoms with E-state index in [1.807, 2.05) is 12.1 Å². The molecule has 0 radical (unpaired) electrons. The van der Waals surface area contributed by atoms with Gasteiger partial charge in [-0.2, -0.15) is 0 Å². The van der Waals surface area contributed by atoms with Gasteiger partial charge in [0.05, 0.1) is 27.3 Å². The Morgan fingerprint density at radius 1 is 0.675 bits per heavy atom. The second-order valence-corrected chi connectivity index (χ2v) is 13.9. The Hall–Kier alpha value is -1.86. The van der Waals surface area contributed by atoms with Crippen LogP contribution >= 0.6 is 15.9 Å². The predicted octanol–water partition coefficient (Wildman–Crippen LogP) is 5.42. The van der Waals surface area contributed by atoms with Crippen molar-refractivity contribution in [2.75, 3.05) is 40.5 Å². The van der Waals surface area contributed by atoms with Crippen LogP contribution in [0.5, 0.6) is 11.5 Å². The maximum absolute atomic E-state index is 5.94. The topological polar surface area (TPSA) is 27.7 Å². The highest BCUT2D eigenvalue weighted by Crippen LogP contribution is 2.36. The lowest BCUT2D eigenvalue weighted by Gasteiger charge is -2.33. The fraction of sp³-hybridized carbons (Fsp3) is 0.471. The van der Waals surface area contributed by atoms with E-state index in [9.17, 15) is 0 Å². The lowest BCUT2D eigenvalue weighted by molar-refractivity contribution is -0.904. The first-order valence-corrected chi connectivity index (χ1v) is 14.7. The molecule has 0 unspecified atom stereocenters. The van der Waals surface area contributed by atoms with Crippen LogP contribution in [0, 0.1) is 5.41 Å². The summed E-state index contributed by atoms with van der Waals surface area (Å²) in [6.07, 6.45) is 1.13. The summed E-state index contributed by atoms with van der Waals surface area (Å²) in [7, 11) is 4.47. The average Bonchev–Trinajstić information content (AvgIpc) is 2.85. The van der Waals surface area contributed by atoms with E-state index in [1.165, 1.54) is 11.1 Å². The van der Waals surface area contributed by atoms with Crippen LogP contribution in [0.15, 0.2) is 77.3 Å². The summed E-state index contributed by atoms with van der Waals surface area (Å²) in [5.74, 6) is 1.79. The van der Waals surface area contributed by atoms with Crippen LogP contribution in [0.25, 0.3) is 0 Å². The Bertz CT molecular complexity index is 1140. The molecule has 0 heterocycles. The Labute approximate surface area is 261 Å². The molecule has 3 aromatic rings. The second kappa shape index (κ2) is 15.4. The van der Waals surface area contributed by atoms with E-state index in [0.29, 0.717) is 31.8 Å². The van der Waals surface area contributed by atoms with Gasteiger partial charge in [-0.15, -0.1) is 0 Å². The van der Waals surface area contributed by atoms with E-state index < -0.39 is 0 Å². The number of ether oxygens (including phenoxy) is 3. The van der Waals surface area contributed by atoms with Gasteiger partial charge in [-0.25, -0.2) is 0 Å². The minimum absolute atomic E-state index is 0. The van der Waals surface area contributed by atoms with Gasteiger partial charge in [0.15, 0.2) is 0 Å². The van der Waals surface area contributed by atoms with Crippen LogP contribution in [-0.4, -0.2) is 44.9 Å². The summed E-state index contributed by atoms with van der Waals surface area (Å²) in [5.41, 5.74) is 4.22. The molecule has 0 atom stereocenters. The van der Waals surface area contributed by atoms with Gasteiger partial charge in [-0.05, 0) is 76.9 Å². The first-order chi connectivity index (χ1) is 18.3. The summed E-state index contributed by atoms with van der Waals surface area (Å²) < 4.78 is 19.7. The molecule has 0 aliphatic rings. The number of benzene rings is 3. The molecule has 40 heavy (non-hydrogen) atoms. The first kappa shape index (κ1) is 34.3. The van der Waals surface area contributed by atoms with Crippen molar-refractivity contribution in [2.45, 2.75) is 59.6 Å². The van der Waals surface area contributed by atoms with Gasteiger partial charge < -0.3 is 35.7 Å². The molecule has 0 aromatic heterocycles. The molecule has 0 saturated carbocycles. The van der Waals surface area contributed by atoms with Gasteiger partial charge in [0, 0.05) is 10.0 Å². The average molecular weight is 678 g/mol. The molecule has 220 valence electrons. The van der Waals surface area contributed by atoms with Crippen LogP contribution < -0.4 is 26.5 Å². The molecule has 4 nitrogen and oxygen atoms in total. The molecule has 0 aliphatic carbocycles. The summed E-state index contributed by atoms with van der Waals surface area (Å²) in [5, 5.41) is 0. The van der Waals surface area contributed by atoms with E-state index in [-0.39, 0.29) is 22.4 Å². The number of hydrogen-bond donors (Lipinski definition) is 0. The zero-order valence-electron chi connectivity index (χ0n) is 25.3. The third kappa shape index (κ3) is 12.3. The van der Waals surface area contributed by atoms with Crippen molar-refractivity contribution in [1.29, 1.82) is 0 Å². The summed E-state index contributed by atoms with van der Waals surface area (Å²) in [4.78, 5) is 0. The van der Waals surface area contributed by atoms with Gasteiger partial charge in [0.2, 0.25) is 0 Å². The maximum atomic E-state index is 5.94. The number of likely N-dealkylation sites (N-methyl/N-ethyl adjacent to an activating group) is 1. The predicted molar refractivity (Wildman–Crippen MR) is 165 cm³/mol. The summed E-state index contributed by atoms with van der Waals surface area (Å²) in [6.45, 7) is 15.8. The Kier molecular flexibility index (Phi) is 13.2. The largest absolute Gasteiger partial charge is 1.00 e. The highest BCUT2D eigenvalue weighted by molar-refractivity contribution is 9.10. The Balaban J connectivity index is 0.00000560. The van der Waals surface area contributed by atoms with Gasteiger partial charge in [-0.1, -0.05) is 74.8 Å². The smallest absolute Gasteiger partial charge is 0.119 e. The number of nitrogens with zero attached hydrogens (tertiary/aromatic N) is 1. The molecule has 3 rings (SSSR count). The third-order valence-electron chi connectivity index (χ3n) is 6.80. The number of rotatable bonds is 14. The maximum Gasteiger partial charge on any atom is 0.119 e. The zero-order valence-corrected chi connectivity index (χ0v) is 28.5. The van der Waals surface area contributed by atoms with Gasteiger partial charge in [0.25, 0.3) is 0 Å². The minimum Gasteiger partial charge on any atom is -1.00 e. The standard InChI is InChI=1S/C34H47BrNO3.BrH/c1-33(2,3)26-34(4,5)29-12-18-31(19-13-29)38-23-22-37-21-20-36(6,7)24-27-10-16-32(17-11-27)39-25-28-8-14-30(35)15-9-28;/h8-19H,20-26H2,1-7H3;1H/q+1;/p-1. The van der Waals surface area contributed by atoms with Gasteiger partial charge in [0.1, 0.15) is 37.8 Å². The summed E-state index contributed by atoms with van der Waals surface area (Å²) >= 11 is 3.47. The van der Waals surface area contributed by atoms with E-state index in [2.05, 4.69) is 125 Å². The van der Waals surface area contributed by atoms with Crippen molar-refractivity contribution in [3.05, 3.63) is 94.0 Å². The molecule has 0 saturated heterocycles. The Morgan fingerprint density at radius 3 is 1.82 bits per heavy atom. The SMILES string of the molecule is CC(C)(C)CC(C)(C)c1ccc(OCCOCC[N+](C)(C)Cc2ccc(OCc3ccc(Br)cc3)cc2)cc1.[Br-]. The van der Waals surface area contributed by atoms with E-state index in [0.717, 1.165) is 45.5 Å². The molecule has 0 amide bonds. The second-order valence-electron chi connectivity index (χ2n) is 13.0. The quantitative estimate of drug-likeness (QED) is 0.169. The fourth-order valence-electron chi connectivity index (χ4n) is 5.07. The highest BCUT2D eigenvalue weighted by atomic mass is 79.9. The molecule has 0 aliphatic heterocycles. The van der Waals surface area contributed by atoms with Crippen molar-refractivity contribution in [3.8, 4) is 11.5 Å². The Morgan fingerprint density at radius 2 is 1.23 bits per heavy atom. The molecule has 3 aromatic carbocycles. The summed E-state index contributed by atoms with van der Waals surface area (Å²) in [6, 6.07) is 25.2. The van der Waals surface area contributed by atoms with Crippen LogP contribution in [0.3, 0.4) is 0 Å². The van der Waals surface area contributed by atoms with Gasteiger partial charge >= 0.3 is 0 Å². The van der Waals surface area contributed by atoms with Crippen molar-refractivity contribution >= 4 is 15.9 Å². The van der Waals surface area contributed by atoms with Crippen molar-refractivity contribution in [1.82, 2.24) is 0 Å². The van der Waals surface area contributed by atoms with Crippen molar-refractivity contribution < 1.29 is 35.7 Å². The molecule has 0 spiro atoms. The highest BCUT2D eigenvalue weighted by Gasteiger charge is 2.27. The lowest BCUT2D eigenvalue weighted by atomic mass is 9.72. The normalized spacial score (nSPS) is 12.1. The van der Waals surface area contributed by atoms with Crippen LogP contribution in [0.1, 0.15) is 57.7 Å². The number of hydrogen-bond acceptors (Lipinski definition) is 3. The van der Waals surface area contributed by atoms with E-state index in [1.54, 1.807) is 0 Å². The monoisotopic (exact) mass is 675 g/mol. The number of quaternary nitrogens is 1. The van der Waals surface area contributed by atoms with E-state index >= 15 is 0 Å². The lowest BCUT2D eigenvalue weighted by Crippen LogP contribution is -3.00. The zero-order chi connectivity index (χ0) is 28.5. The third-order valence-corrected chi connectivity index (χ3v) is 7.33. The van der Waals surface area contributed by atoms with Gasteiger partial charge in [-0.3, -0.25) is 0 Å². The molecular weight excluding hydrogens is 630 g/mol. The van der Waals surface area contributed by atoms with E-state index in [4.69, 9.17) is 14.2 Å². The molecular formula is C34H47Br2NO3. The minimum atomic E-state index is 0. The van der Waals surface area contributed by atoms with Crippen LogP contribution in [0.4, 0.5) is 0 Å².